The van der Waals surface area contributed by atoms with E-state index in [0.29, 0.717) is 17.1 Å². The van der Waals surface area contributed by atoms with E-state index < -0.39 is 11.7 Å². The fraction of sp³-hybridized carbons (Fsp3) is 0.176. The van der Waals surface area contributed by atoms with E-state index in [4.69, 9.17) is 14.7 Å². The molecule has 0 unspecified atom stereocenters. The summed E-state index contributed by atoms with van der Waals surface area (Å²) in [5.74, 6) is -0.335. The van der Waals surface area contributed by atoms with Gasteiger partial charge >= 0.3 is 0 Å². The number of ether oxygens (including phenoxy) is 2. The number of anilines is 1. The van der Waals surface area contributed by atoms with E-state index in [1.165, 1.54) is 31.4 Å². The van der Waals surface area contributed by atoms with E-state index in [2.05, 4.69) is 5.32 Å². The van der Waals surface area contributed by atoms with Crippen LogP contribution < -0.4 is 14.8 Å². The largest absolute Gasteiger partial charge is 0.493 e. The number of hydrogen-bond donors (Lipinski definition) is 1. The minimum atomic E-state index is -0.505. The number of nitrogens with zero attached hydrogens (tertiary/aromatic N) is 1. The van der Waals surface area contributed by atoms with Crippen molar-refractivity contribution >= 4 is 11.6 Å². The third kappa shape index (κ3) is 4.20. The van der Waals surface area contributed by atoms with Gasteiger partial charge in [-0.15, -0.1) is 0 Å². The van der Waals surface area contributed by atoms with Gasteiger partial charge in [0.1, 0.15) is 5.82 Å². The number of nitriles is 1. The first-order chi connectivity index (χ1) is 11.0. The van der Waals surface area contributed by atoms with Crippen molar-refractivity contribution in [3.63, 3.8) is 0 Å². The molecular weight excluding hydrogens is 299 g/mol. The lowest BCUT2D eigenvalue weighted by molar-refractivity contribution is -0.118. The molecule has 0 saturated carbocycles. The van der Waals surface area contributed by atoms with E-state index in [-0.39, 0.29) is 12.3 Å². The van der Waals surface area contributed by atoms with E-state index in [0.717, 1.165) is 5.56 Å². The van der Waals surface area contributed by atoms with Crippen LogP contribution in [-0.2, 0) is 4.79 Å². The SMILES string of the molecule is COc1cc(C#N)ccc1OCC(=O)Nc1ccc(C)cc1F. The van der Waals surface area contributed by atoms with Crippen molar-refractivity contribution in [1.82, 2.24) is 0 Å². The average Bonchev–Trinajstić information content (AvgIpc) is 2.55. The molecule has 0 radical (unpaired) electrons. The van der Waals surface area contributed by atoms with Crippen molar-refractivity contribution in [1.29, 1.82) is 5.26 Å². The number of halogens is 1. The molecule has 6 heteroatoms. The Bertz CT molecular complexity index is 769. The molecule has 0 aliphatic carbocycles. The minimum Gasteiger partial charge on any atom is -0.493 e. The highest BCUT2D eigenvalue weighted by Gasteiger charge is 2.10. The molecule has 0 aromatic heterocycles. The fourth-order valence-corrected chi connectivity index (χ4v) is 1.91. The number of methoxy groups -OCH3 is 1. The summed E-state index contributed by atoms with van der Waals surface area (Å²) >= 11 is 0. The van der Waals surface area contributed by atoms with Gasteiger partial charge in [0, 0.05) is 6.07 Å². The van der Waals surface area contributed by atoms with Gasteiger partial charge in [-0.1, -0.05) is 6.07 Å². The van der Waals surface area contributed by atoms with Crippen LogP contribution in [0.2, 0.25) is 0 Å². The topological polar surface area (TPSA) is 71.3 Å². The number of benzene rings is 2. The van der Waals surface area contributed by atoms with Gasteiger partial charge in [-0.2, -0.15) is 5.26 Å². The number of carbonyl (C=O) groups is 1. The number of nitrogens with one attached hydrogen (secondary N) is 1. The Kier molecular flexibility index (Phi) is 5.15. The van der Waals surface area contributed by atoms with Gasteiger partial charge < -0.3 is 14.8 Å². The van der Waals surface area contributed by atoms with Crippen LogP contribution in [0.4, 0.5) is 10.1 Å². The van der Waals surface area contributed by atoms with Crippen LogP contribution in [0.25, 0.3) is 0 Å². The van der Waals surface area contributed by atoms with E-state index in [1.807, 2.05) is 6.07 Å². The summed E-state index contributed by atoms with van der Waals surface area (Å²) in [6, 6.07) is 11.1. The molecule has 0 heterocycles. The lowest BCUT2D eigenvalue weighted by Crippen LogP contribution is -2.21. The second-order valence-electron chi connectivity index (χ2n) is 4.80. The average molecular weight is 314 g/mol. The molecule has 2 aromatic rings. The quantitative estimate of drug-likeness (QED) is 0.921. The zero-order valence-corrected chi connectivity index (χ0v) is 12.7. The number of carbonyl (C=O) groups excluding carboxylic acids is 1. The highest BCUT2D eigenvalue weighted by atomic mass is 19.1. The zero-order valence-electron chi connectivity index (χ0n) is 12.7. The Morgan fingerprint density at radius 3 is 2.70 bits per heavy atom. The molecule has 0 aliphatic rings. The third-order valence-electron chi connectivity index (χ3n) is 3.05. The summed E-state index contributed by atoms with van der Waals surface area (Å²) in [7, 11) is 1.44. The van der Waals surface area contributed by atoms with Crippen molar-refractivity contribution < 1.29 is 18.7 Å². The first kappa shape index (κ1) is 16.3. The smallest absolute Gasteiger partial charge is 0.262 e. The second-order valence-corrected chi connectivity index (χ2v) is 4.80. The molecule has 0 fully saturated rings. The molecule has 1 amide bonds. The van der Waals surface area contributed by atoms with Crippen LogP contribution in [0, 0.1) is 24.1 Å². The highest BCUT2D eigenvalue weighted by molar-refractivity contribution is 5.92. The van der Waals surface area contributed by atoms with Crippen molar-refractivity contribution in [2.45, 2.75) is 6.92 Å². The molecule has 0 atom stereocenters. The van der Waals surface area contributed by atoms with E-state index >= 15 is 0 Å². The maximum Gasteiger partial charge on any atom is 0.262 e. The van der Waals surface area contributed by atoms with Gasteiger partial charge in [0.05, 0.1) is 24.4 Å². The van der Waals surface area contributed by atoms with Gasteiger partial charge in [0.15, 0.2) is 18.1 Å². The Hall–Kier alpha value is -3.07. The predicted octanol–water partition coefficient (Wildman–Crippen LogP) is 3.03. The first-order valence-electron chi connectivity index (χ1n) is 6.80. The summed E-state index contributed by atoms with van der Waals surface area (Å²) in [5.41, 5.74) is 1.27. The fourth-order valence-electron chi connectivity index (χ4n) is 1.91. The molecule has 2 aromatic carbocycles. The van der Waals surface area contributed by atoms with Gasteiger partial charge in [0.2, 0.25) is 0 Å². The Balaban J connectivity index is 2.00. The van der Waals surface area contributed by atoms with Gasteiger partial charge in [-0.3, -0.25) is 4.79 Å². The predicted molar refractivity (Wildman–Crippen MR) is 83.0 cm³/mol. The molecular formula is C17H15FN2O3. The number of hydrogen-bond acceptors (Lipinski definition) is 4. The van der Waals surface area contributed by atoms with Gasteiger partial charge in [-0.05, 0) is 36.8 Å². The van der Waals surface area contributed by atoms with E-state index in [1.54, 1.807) is 19.1 Å². The van der Waals surface area contributed by atoms with Crippen LogP contribution in [-0.4, -0.2) is 19.6 Å². The van der Waals surface area contributed by atoms with Crippen LogP contribution in [0.3, 0.4) is 0 Å². The van der Waals surface area contributed by atoms with Crippen molar-refractivity contribution in [3.8, 4) is 17.6 Å². The monoisotopic (exact) mass is 314 g/mol. The Morgan fingerprint density at radius 2 is 2.04 bits per heavy atom. The maximum absolute atomic E-state index is 13.7. The number of amides is 1. The Morgan fingerprint density at radius 1 is 1.26 bits per heavy atom. The summed E-state index contributed by atoms with van der Waals surface area (Å²) in [5, 5.41) is 11.3. The standard InChI is InChI=1S/C17H15FN2O3/c1-11-3-5-14(13(18)7-11)20-17(21)10-23-15-6-4-12(9-19)8-16(15)22-2/h3-8H,10H2,1-2H3,(H,20,21). The molecule has 118 valence electrons. The molecule has 23 heavy (non-hydrogen) atoms. The lowest BCUT2D eigenvalue weighted by atomic mass is 10.2. The van der Waals surface area contributed by atoms with Gasteiger partial charge in [0.25, 0.3) is 5.91 Å². The van der Waals surface area contributed by atoms with E-state index in [9.17, 15) is 9.18 Å². The lowest BCUT2D eigenvalue weighted by Gasteiger charge is -2.11. The summed E-state index contributed by atoms with van der Waals surface area (Å²) in [4.78, 5) is 11.8. The highest BCUT2D eigenvalue weighted by Crippen LogP contribution is 2.27. The van der Waals surface area contributed by atoms with Gasteiger partial charge in [-0.25, -0.2) is 4.39 Å². The second kappa shape index (κ2) is 7.27. The van der Waals surface area contributed by atoms with Crippen LogP contribution in [0.1, 0.15) is 11.1 Å². The van der Waals surface area contributed by atoms with Crippen molar-refractivity contribution in [2.75, 3.05) is 19.0 Å². The zero-order chi connectivity index (χ0) is 16.8. The van der Waals surface area contributed by atoms with Crippen LogP contribution in [0.5, 0.6) is 11.5 Å². The molecule has 5 nitrogen and oxygen atoms in total. The summed E-state index contributed by atoms with van der Waals surface area (Å²) < 4.78 is 24.1. The Labute approximate surface area is 133 Å². The number of rotatable bonds is 5. The molecule has 0 bridgehead atoms. The van der Waals surface area contributed by atoms with Crippen molar-refractivity contribution in [3.05, 3.63) is 53.3 Å². The third-order valence-corrected chi connectivity index (χ3v) is 3.05. The summed E-state index contributed by atoms with van der Waals surface area (Å²) in [6.45, 7) is 1.45. The molecule has 0 spiro atoms. The number of aryl methyl sites for hydroxylation is 1. The first-order valence-corrected chi connectivity index (χ1v) is 6.80. The maximum atomic E-state index is 13.7. The minimum absolute atomic E-state index is 0.0935. The van der Waals surface area contributed by atoms with Crippen LogP contribution >= 0.6 is 0 Å². The normalized spacial score (nSPS) is 9.83. The molecule has 0 aliphatic heterocycles. The molecule has 1 N–H and O–H groups in total. The van der Waals surface area contributed by atoms with Crippen LogP contribution in [0.15, 0.2) is 36.4 Å². The summed E-state index contributed by atoms with van der Waals surface area (Å²) in [6.07, 6.45) is 0. The molecule has 2 rings (SSSR count). The molecule has 0 saturated heterocycles. The van der Waals surface area contributed by atoms with Crippen molar-refractivity contribution in [2.24, 2.45) is 0 Å².